The van der Waals surface area contributed by atoms with Gasteiger partial charge in [-0.2, -0.15) is 0 Å². The smallest absolute Gasteiger partial charge is 0.257 e. The molecule has 0 saturated carbocycles. The molecular formula is C20H21N5O2. The van der Waals surface area contributed by atoms with Crippen molar-refractivity contribution < 1.29 is 9.59 Å². The molecule has 0 atom stereocenters. The Balaban J connectivity index is 1.60. The van der Waals surface area contributed by atoms with Crippen LogP contribution in [0.1, 0.15) is 30.6 Å². The number of carbonyl (C=O) groups is 2. The van der Waals surface area contributed by atoms with Gasteiger partial charge in [0.25, 0.3) is 5.91 Å². The number of amides is 2. The topological polar surface area (TPSA) is 88.9 Å². The van der Waals surface area contributed by atoms with E-state index in [9.17, 15) is 9.59 Å². The van der Waals surface area contributed by atoms with Gasteiger partial charge in [0, 0.05) is 36.4 Å². The molecule has 3 aromatic rings. The Hall–Kier alpha value is -3.48. The first-order valence-corrected chi connectivity index (χ1v) is 8.67. The highest BCUT2D eigenvalue weighted by molar-refractivity contribution is 6.04. The van der Waals surface area contributed by atoms with Crippen LogP contribution in [0.2, 0.25) is 0 Å². The van der Waals surface area contributed by atoms with Gasteiger partial charge < -0.3 is 10.6 Å². The quantitative estimate of drug-likeness (QED) is 0.701. The summed E-state index contributed by atoms with van der Waals surface area (Å²) in [5, 5.41) is 5.65. The molecule has 0 bridgehead atoms. The molecule has 7 heteroatoms. The summed E-state index contributed by atoms with van der Waals surface area (Å²) in [6, 6.07) is 10.5. The van der Waals surface area contributed by atoms with E-state index in [1.165, 1.54) is 6.20 Å². The minimum absolute atomic E-state index is 0.0224. The summed E-state index contributed by atoms with van der Waals surface area (Å²) < 4.78 is 1.76. The third-order valence-electron chi connectivity index (χ3n) is 3.80. The first kappa shape index (κ1) is 18.3. The van der Waals surface area contributed by atoms with Crippen LogP contribution >= 0.6 is 0 Å². The second-order valence-corrected chi connectivity index (χ2v) is 6.55. The Morgan fingerprint density at radius 1 is 1.04 bits per heavy atom. The van der Waals surface area contributed by atoms with E-state index in [4.69, 9.17) is 0 Å². The number of carbonyl (C=O) groups excluding carboxylic acids is 2. The van der Waals surface area contributed by atoms with Gasteiger partial charge in [0.2, 0.25) is 5.91 Å². The number of imidazole rings is 1. The van der Waals surface area contributed by atoms with Crippen LogP contribution in [0, 0.1) is 5.92 Å². The number of hydrogen-bond acceptors (Lipinski definition) is 4. The van der Waals surface area contributed by atoms with Crippen molar-refractivity contribution in [3.63, 3.8) is 0 Å². The Morgan fingerprint density at radius 3 is 2.30 bits per heavy atom. The summed E-state index contributed by atoms with van der Waals surface area (Å²) in [5.41, 5.74) is 1.79. The summed E-state index contributed by atoms with van der Waals surface area (Å²) in [6.07, 6.45) is 7.08. The molecule has 0 aliphatic heterocycles. The molecule has 138 valence electrons. The minimum Gasteiger partial charge on any atom is -0.326 e. The van der Waals surface area contributed by atoms with Gasteiger partial charge in [0.05, 0.1) is 5.56 Å². The lowest BCUT2D eigenvalue weighted by Crippen LogP contribution is -2.14. The van der Waals surface area contributed by atoms with Crippen molar-refractivity contribution in [3.05, 3.63) is 66.9 Å². The standard InChI is InChI=1S/C20H21N5O2/c1-14(2)11-19(26)23-16-4-6-17(7-5-16)24-20(27)15-3-8-18(22-12-15)25-10-9-21-13-25/h3-10,12-14H,11H2,1-2H3,(H,23,26)(H,24,27). The Morgan fingerprint density at radius 2 is 1.74 bits per heavy atom. The lowest BCUT2D eigenvalue weighted by molar-refractivity contribution is -0.116. The van der Waals surface area contributed by atoms with Crippen molar-refractivity contribution >= 4 is 23.2 Å². The molecule has 1 aromatic carbocycles. The average molecular weight is 363 g/mol. The van der Waals surface area contributed by atoms with E-state index in [-0.39, 0.29) is 11.8 Å². The van der Waals surface area contributed by atoms with Crippen molar-refractivity contribution in [1.29, 1.82) is 0 Å². The third kappa shape index (κ3) is 5.01. The van der Waals surface area contributed by atoms with Gasteiger partial charge in [-0.1, -0.05) is 13.8 Å². The van der Waals surface area contributed by atoms with Crippen molar-refractivity contribution in [3.8, 4) is 5.82 Å². The fourth-order valence-corrected chi connectivity index (χ4v) is 2.49. The molecular weight excluding hydrogens is 342 g/mol. The highest BCUT2D eigenvalue weighted by Crippen LogP contribution is 2.16. The molecule has 0 radical (unpaired) electrons. The van der Waals surface area contributed by atoms with Gasteiger partial charge in [0.1, 0.15) is 12.1 Å². The number of aromatic nitrogens is 3. The normalized spacial score (nSPS) is 10.6. The molecule has 3 rings (SSSR count). The number of benzene rings is 1. The predicted octanol–water partition coefficient (Wildman–Crippen LogP) is 3.50. The summed E-state index contributed by atoms with van der Waals surface area (Å²) >= 11 is 0. The second kappa shape index (κ2) is 8.27. The molecule has 2 heterocycles. The summed E-state index contributed by atoms with van der Waals surface area (Å²) in [4.78, 5) is 32.4. The highest BCUT2D eigenvalue weighted by atomic mass is 16.2. The zero-order valence-corrected chi connectivity index (χ0v) is 15.2. The molecule has 27 heavy (non-hydrogen) atoms. The fourth-order valence-electron chi connectivity index (χ4n) is 2.49. The Labute approximate surface area is 157 Å². The number of rotatable bonds is 6. The van der Waals surface area contributed by atoms with Gasteiger partial charge in [-0.15, -0.1) is 0 Å². The summed E-state index contributed by atoms with van der Waals surface area (Å²) in [6.45, 7) is 3.99. The summed E-state index contributed by atoms with van der Waals surface area (Å²) in [5.74, 6) is 0.713. The molecule has 2 aromatic heterocycles. The van der Waals surface area contributed by atoms with E-state index in [0.717, 1.165) is 0 Å². The fraction of sp³-hybridized carbons (Fsp3) is 0.200. The van der Waals surface area contributed by atoms with Crippen LogP contribution < -0.4 is 10.6 Å². The molecule has 2 amide bonds. The van der Waals surface area contributed by atoms with Crippen LogP contribution in [-0.2, 0) is 4.79 Å². The molecule has 0 fully saturated rings. The van der Waals surface area contributed by atoms with Crippen LogP contribution in [0.5, 0.6) is 0 Å². The highest BCUT2D eigenvalue weighted by Gasteiger charge is 2.09. The maximum absolute atomic E-state index is 12.4. The zero-order valence-electron chi connectivity index (χ0n) is 15.2. The van der Waals surface area contributed by atoms with Gasteiger partial charge >= 0.3 is 0 Å². The molecule has 0 unspecified atom stereocenters. The molecule has 2 N–H and O–H groups in total. The first-order valence-electron chi connectivity index (χ1n) is 8.67. The van der Waals surface area contributed by atoms with Gasteiger partial charge in [0.15, 0.2) is 0 Å². The van der Waals surface area contributed by atoms with E-state index in [2.05, 4.69) is 20.6 Å². The maximum Gasteiger partial charge on any atom is 0.257 e. The second-order valence-electron chi connectivity index (χ2n) is 6.55. The number of anilines is 2. The molecule has 0 aliphatic carbocycles. The minimum atomic E-state index is -0.253. The number of hydrogen-bond donors (Lipinski definition) is 2. The number of pyridine rings is 1. The summed E-state index contributed by atoms with van der Waals surface area (Å²) in [7, 11) is 0. The first-order chi connectivity index (χ1) is 13.0. The molecule has 0 aliphatic rings. The predicted molar refractivity (Wildman–Crippen MR) is 104 cm³/mol. The Bertz CT molecular complexity index is 901. The number of nitrogens with zero attached hydrogens (tertiary/aromatic N) is 3. The SMILES string of the molecule is CC(C)CC(=O)Nc1ccc(NC(=O)c2ccc(-n3ccnc3)nc2)cc1. The molecule has 0 spiro atoms. The molecule has 7 nitrogen and oxygen atoms in total. The maximum atomic E-state index is 12.4. The van der Waals surface area contributed by atoms with Crippen molar-refractivity contribution in [2.75, 3.05) is 10.6 Å². The van der Waals surface area contributed by atoms with Crippen molar-refractivity contribution in [2.24, 2.45) is 5.92 Å². The van der Waals surface area contributed by atoms with Gasteiger partial charge in [-0.25, -0.2) is 9.97 Å². The van der Waals surface area contributed by atoms with Crippen LogP contribution in [0.4, 0.5) is 11.4 Å². The lowest BCUT2D eigenvalue weighted by atomic mass is 10.1. The van der Waals surface area contributed by atoms with E-state index < -0.39 is 0 Å². The van der Waals surface area contributed by atoms with Crippen molar-refractivity contribution in [1.82, 2.24) is 14.5 Å². The third-order valence-corrected chi connectivity index (χ3v) is 3.80. The molecule has 0 saturated heterocycles. The Kier molecular flexibility index (Phi) is 5.61. The van der Waals surface area contributed by atoms with E-state index in [1.807, 2.05) is 13.8 Å². The van der Waals surface area contributed by atoms with Crippen LogP contribution in [-0.4, -0.2) is 26.3 Å². The van der Waals surface area contributed by atoms with Gasteiger partial charge in [-0.3, -0.25) is 14.2 Å². The van der Waals surface area contributed by atoms with E-state index in [1.54, 1.807) is 59.7 Å². The lowest BCUT2D eigenvalue weighted by Gasteiger charge is -2.09. The average Bonchev–Trinajstić information content (AvgIpc) is 3.17. The van der Waals surface area contributed by atoms with Crippen LogP contribution in [0.15, 0.2) is 61.3 Å². The van der Waals surface area contributed by atoms with Crippen molar-refractivity contribution in [2.45, 2.75) is 20.3 Å². The van der Waals surface area contributed by atoms with Crippen LogP contribution in [0.3, 0.4) is 0 Å². The number of nitrogens with one attached hydrogen (secondary N) is 2. The largest absolute Gasteiger partial charge is 0.326 e. The van der Waals surface area contributed by atoms with Gasteiger partial charge in [-0.05, 0) is 42.3 Å². The van der Waals surface area contributed by atoms with E-state index >= 15 is 0 Å². The van der Waals surface area contributed by atoms with Crippen LogP contribution in [0.25, 0.3) is 5.82 Å². The zero-order chi connectivity index (χ0) is 19.2. The monoisotopic (exact) mass is 363 g/mol. The van der Waals surface area contributed by atoms with E-state index in [0.29, 0.717) is 35.1 Å².